The molecule has 4 aromatic heterocycles. The highest BCUT2D eigenvalue weighted by Gasteiger charge is 2.37. The zero-order valence-electron chi connectivity index (χ0n) is 48.3. The molecule has 426 valence electrons. The van der Waals surface area contributed by atoms with Crippen molar-refractivity contribution >= 4 is 90.9 Å². The van der Waals surface area contributed by atoms with E-state index in [1.165, 1.54) is 0 Å². The topological polar surface area (TPSA) is 168 Å². The van der Waals surface area contributed by atoms with Crippen LogP contribution in [0.4, 0.5) is 0 Å². The monoisotopic (exact) mass is 1180 g/mol. The van der Waals surface area contributed by atoms with Gasteiger partial charge in [0.05, 0.1) is 52.3 Å². The van der Waals surface area contributed by atoms with Crippen LogP contribution in [-0.4, -0.2) is 58.5 Å². The van der Waals surface area contributed by atoms with Gasteiger partial charge in [-0.05, 0) is 106 Å². The van der Waals surface area contributed by atoms with Crippen LogP contribution >= 0.6 is 0 Å². The molecule has 0 aliphatic carbocycles. The van der Waals surface area contributed by atoms with Crippen molar-refractivity contribution in [3.05, 3.63) is 301 Å². The molecule has 0 bridgehead atoms. The second-order valence-corrected chi connectivity index (χ2v) is 22.1. The number of ether oxygens (including phenoxy) is 1. The van der Waals surface area contributed by atoms with Crippen molar-refractivity contribution in [2.24, 2.45) is 0 Å². The van der Waals surface area contributed by atoms with Gasteiger partial charge in [0.2, 0.25) is 0 Å². The van der Waals surface area contributed by atoms with E-state index in [9.17, 15) is 19.3 Å². The summed E-state index contributed by atoms with van der Waals surface area (Å²) in [4.78, 5) is 20.9. The van der Waals surface area contributed by atoms with Gasteiger partial charge in [-0.2, -0.15) is 10.5 Å². The van der Waals surface area contributed by atoms with Crippen LogP contribution < -0.4 is 41.5 Å². The molecule has 0 aliphatic heterocycles. The van der Waals surface area contributed by atoms with Crippen LogP contribution in [0.2, 0.25) is 0 Å². The normalized spacial score (nSPS) is 12.2. The van der Waals surface area contributed by atoms with Crippen LogP contribution in [0.25, 0.3) is 88.8 Å². The number of benzene rings is 10. The van der Waals surface area contributed by atoms with Gasteiger partial charge < -0.3 is 22.4 Å². The average Bonchev–Trinajstić information content (AvgIpc) is 1.52. The molecule has 14 aromatic rings. The molecule has 1 unspecified atom stereocenters. The van der Waals surface area contributed by atoms with Crippen LogP contribution in [0, 0.1) is 22.7 Å². The number of hydrogen-bond donors (Lipinski definition) is 0. The molecule has 15 heteroatoms. The summed E-state index contributed by atoms with van der Waals surface area (Å²) in [6.07, 6.45) is 3.33. The largest absolute Gasteiger partial charge is 0.740 e. The molecule has 10 aromatic carbocycles. The molecular formula is C75H49B2N8O4S-. The van der Waals surface area contributed by atoms with Crippen molar-refractivity contribution in [1.82, 2.24) is 28.9 Å². The maximum Gasteiger partial charge on any atom is 0.328 e. The average molecular weight is 1180 g/mol. The Kier molecular flexibility index (Phi) is 15.3. The first kappa shape index (κ1) is 56.1. The highest BCUT2D eigenvalue weighted by Crippen LogP contribution is 2.38. The predicted octanol–water partition coefficient (Wildman–Crippen LogP) is 10.9. The number of nitriles is 2. The summed E-state index contributed by atoms with van der Waals surface area (Å²) >= 11 is -2.89. The van der Waals surface area contributed by atoms with Gasteiger partial charge in [0.25, 0.3) is 0 Å². The minimum absolute atomic E-state index is 0.0755. The molecule has 4 heterocycles. The zero-order chi connectivity index (χ0) is 61.1. The Balaban J connectivity index is 1.25. The lowest BCUT2D eigenvalue weighted by molar-refractivity contribution is 0.415. The minimum Gasteiger partial charge on any atom is -0.740 e. The highest BCUT2D eigenvalue weighted by atomic mass is 32.2. The van der Waals surface area contributed by atoms with Gasteiger partial charge in [-0.25, -0.2) is 14.2 Å². The van der Waals surface area contributed by atoms with Crippen LogP contribution in [0.5, 0.6) is 11.5 Å². The Labute approximate surface area is 521 Å². The second kappa shape index (κ2) is 24.6. The molecule has 0 amide bonds. The lowest BCUT2D eigenvalue weighted by Crippen LogP contribution is -2.54. The standard InChI is InChI=1S/C75H50B2N8O4S/c1-88-60-38-32-52(33-39-60)72-70-71(75(84(72)76(56-24-12-4-13-25-56)57-26-14-5-15-27-57)63(47-79)69-49-81-67-45-55(37-43-65(67)83-69)51-22-10-3-11-23-51)73(53-34-40-61(41-35-53)89-90(86)87)85(77(58-28-16-6-17-29-58)59-30-18-7-19-31-59)74(70)62(46-78)68-48-80-66-44-54(36-42-64(66)82-68)50-20-8-2-9-21-50/h2-45,48-49H,1H3,(H,86,87)/p-1/b74-62-,75-63-. The summed E-state index contributed by atoms with van der Waals surface area (Å²) in [7, 11) is 1.63. The van der Waals surface area contributed by atoms with Gasteiger partial charge >= 0.3 is 13.7 Å². The number of aromatic nitrogens is 6. The lowest BCUT2D eigenvalue weighted by atomic mass is 9.50. The van der Waals surface area contributed by atoms with Crippen molar-refractivity contribution in [1.29, 1.82) is 10.5 Å². The zero-order valence-corrected chi connectivity index (χ0v) is 49.1. The molecular weight excluding hydrogens is 1130 g/mol. The third kappa shape index (κ3) is 10.6. The molecule has 0 aliphatic rings. The summed E-state index contributed by atoms with van der Waals surface area (Å²) in [5.74, 6) is 0.688. The fraction of sp³-hybridized carbons (Fsp3) is 0.0133. The molecule has 0 N–H and O–H groups in total. The number of rotatable bonds is 15. The second-order valence-electron chi connectivity index (χ2n) is 21.5. The molecule has 0 saturated heterocycles. The number of nitrogens with zero attached hydrogens (tertiary/aromatic N) is 8. The molecule has 0 spiro atoms. The number of hydrogen-bond acceptors (Lipinski definition) is 10. The molecule has 0 radical (unpaired) electrons. The van der Waals surface area contributed by atoms with Crippen molar-refractivity contribution < 1.29 is 17.7 Å². The van der Waals surface area contributed by atoms with Gasteiger partial charge in [-0.3, -0.25) is 9.97 Å². The molecule has 90 heavy (non-hydrogen) atoms. The summed E-state index contributed by atoms with van der Waals surface area (Å²) in [6.45, 7) is -1.37. The first-order valence-electron chi connectivity index (χ1n) is 29.1. The van der Waals surface area contributed by atoms with Crippen molar-refractivity contribution in [2.75, 3.05) is 7.11 Å². The Bertz CT molecular complexity index is 5020. The third-order valence-electron chi connectivity index (χ3n) is 16.3. The van der Waals surface area contributed by atoms with Gasteiger partial charge in [0, 0.05) is 22.2 Å². The van der Waals surface area contributed by atoms with E-state index >= 15 is 0 Å². The summed E-state index contributed by atoms with van der Waals surface area (Å²) in [5, 5.41) is 27.0. The summed E-state index contributed by atoms with van der Waals surface area (Å²) in [5.41, 5.74) is 13.3. The van der Waals surface area contributed by atoms with Crippen molar-refractivity contribution in [3.63, 3.8) is 0 Å². The first-order chi connectivity index (χ1) is 44.3. The molecule has 0 saturated carbocycles. The SMILES string of the molecule is COc1ccc(-c2c3/c(=C(\C#N)c4cnc5cc(-c6ccccc6)ccc5n4)n(B(c4ccccc4)c4ccccc4)c(-c4ccc(OS(=O)[O-])cc4)c3/c(=C(\C#N)c3cnc4cc(-c5ccccc5)ccc4n3)n2B(c2ccccc2)c2ccccc2)cc1. The van der Waals surface area contributed by atoms with Crippen LogP contribution in [0.15, 0.2) is 279 Å². The molecule has 1 atom stereocenters. The number of fused-ring (bicyclic) bond motifs is 3. The lowest BCUT2D eigenvalue weighted by Gasteiger charge is -2.24. The van der Waals surface area contributed by atoms with Gasteiger partial charge in [0.1, 0.15) is 57.5 Å². The number of methoxy groups -OCH3 is 1. The fourth-order valence-corrected chi connectivity index (χ4v) is 12.6. The van der Waals surface area contributed by atoms with Crippen LogP contribution in [-0.2, 0) is 11.4 Å². The Morgan fingerprint density at radius 1 is 0.422 bits per heavy atom. The highest BCUT2D eigenvalue weighted by molar-refractivity contribution is 7.74. The van der Waals surface area contributed by atoms with E-state index < -0.39 is 25.1 Å². The van der Waals surface area contributed by atoms with E-state index in [0.717, 1.165) is 49.7 Å². The van der Waals surface area contributed by atoms with E-state index in [1.54, 1.807) is 31.6 Å². The maximum atomic E-state index is 12.5. The predicted molar refractivity (Wildman–Crippen MR) is 359 cm³/mol. The summed E-state index contributed by atoms with van der Waals surface area (Å²) < 4.78 is 40.0. The molecule has 0 fully saturated rings. The molecule has 12 nitrogen and oxygen atoms in total. The third-order valence-corrected chi connectivity index (χ3v) is 16.6. The first-order valence-corrected chi connectivity index (χ1v) is 30.1. The Morgan fingerprint density at radius 2 is 0.756 bits per heavy atom. The summed E-state index contributed by atoms with van der Waals surface area (Å²) in [6, 6.07) is 92.6. The quantitative estimate of drug-likeness (QED) is 0.0712. The van der Waals surface area contributed by atoms with Crippen LogP contribution in [0.3, 0.4) is 0 Å². The van der Waals surface area contributed by atoms with Gasteiger partial charge in [0.15, 0.2) is 0 Å². The Hall–Kier alpha value is -11.7. The maximum absolute atomic E-state index is 12.5. The van der Waals surface area contributed by atoms with E-state index in [4.69, 9.17) is 28.9 Å². The molecule has 14 rings (SSSR count). The van der Waals surface area contributed by atoms with Crippen LogP contribution in [0.1, 0.15) is 11.4 Å². The van der Waals surface area contributed by atoms with E-state index in [-0.39, 0.29) is 16.9 Å². The Morgan fingerprint density at radius 3 is 1.09 bits per heavy atom. The van der Waals surface area contributed by atoms with Gasteiger partial charge in [-0.15, -0.1) is 0 Å². The van der Waals surface area contributed by atoms with E-state index in [2.05, 4.69) is 69.6 Å². The van der Waals surface area contributed by atoms with E-state index in [0.29, 0.717) is 77.6 Å². The van der Waals surface area contributed by atoms with E-state index in [1.807, 2.05) is 206 Å². The van der Waals surface area contributed by atoms with Crippen molar-refractivity contribution in [3.8, 4) is 68.4 Å². The van der Waals surface area contributed by atoms with Crippen molar-refractivity contribution in [2.45, 2.75) is 0 Å². The fourth-order valence-electron chi connectivity index (χ4n) is 12.3. The van der Waals surface area contributed by atoms with Gasteiger partial charge in [-0.1, -0.05) is 216 Å². The smallest absolute Gasteiger partial charge is 0.328 e. The minimum atomic E-state index is -2.89.